The fraction of sp³-hybridized carbons (Fsp3) is 0.364. The van der Waals surface area contributed by atoms with Gasteiger partial charge in [0.05, 0.1) is 17.7 Å². The number of rotatable bonds is 5. The second-order valence-electron chi connectivity index (χ2n) is 3.13. The van der Waals surface area contributed by atoms with E-state index >= 15 is 0 Å². The largest absolute Gasteiger partial charge is 0.396 e. The van der Waals surface area contributed by atoms with Gasteiger partial charge in [-0.3, -0.25) is 0 Å². The molecule has 1 N–H and O–H groups in total. The minimum atomic E-state index is -0.642. The SMILES string of the molecule is N#CC(OCCCO)c1ccc(Br)c(Cl)c1. The van der Waals surface area contributed by atoms with Crippen molar-refractivity contribution >= 4 is 27.5 Å². The van der Waals surface area contributed by atoms with E-state index in [2.05, 4.69) is 15.9 Å². The van der Waals surface area contributed by atoms with Crippen molar-refractivity contribution in [2.24, 2.45) is 0 Å². The summed E-state index contributed by atoms with van der Waals surface area (Å²) in [4.78, 5) is 0. The van der Waals surface area contributed by atoms with Gasteiger partial charge in [0, 0.05) is 11.1 Å². The molecule has 0 heterocycles. The smallest absolute Gasteiger partial charge is 0.169 e. The molecule has 3 nitrogen and oxygen atoms in total. The van der Waals surface area contributed by atoms with Crippen LogP contribution in [0, 0.1) is 11.3 Å². The summed E-state index contributed by atoms with van der Waals surface area (Å²) in [5.41, 5.74) is 0.716. The molecule has 1 aromatic rings. The van der Waals surface area contributed by atoms with Crippen molar-refractivity contribution in [2.75, 3.05) is 13.2 Å². The number of aliphatic hydroxyl groups is 1. The number of hydrogen-bond acceptors (Lipinski definition) is 3. The van der Waals surface area contributed by atoms with Crippen molar-refractivity contribution in [3.05, 3.63) is 33.3 Å². The number of halogens is 2. The molecule has 16 heavy (non-hydrogen) atoms. The highest BCUT2D eigenvalue weighted by Gasteiger charge is 2.11. The van der Waals surface area contributed by atoms with Crippen molar-refractivity contribution in [3.8, 4) is 6.07 Å². The molecular weight excluding hydrogens is 293 g/mol. The van der Waals surface area contributed by atoms with Gasteiger partial charge in [0.25, 0.3) is 0 Å². The van der Waals surface area contributed by atoms with E-state index in [4.69, 9.17) is 26.7 Å². The van der Waals surface area contributed by atoms with Gasteiger partial charge in [0.15, 0.2) is 6.10 Å². The monoisotopic (exact) mass is 303 g/mol. The van der Waals surface area contributed by atoms with E-state index in [-0.39, 0.29) is 6.61 Å². The summed E-state index contributed by atoms with van der Waals surface area (Å²) >= 11 is 9.20. The first-order valence-electron chi connectivity index (χ1n) is 4.76. The lowest BCUT2D eigenvalue weighted by Gasteiger charge is -2.11. The fourth-order valence-corrected chi connectivity index (χ4v) is 1.58. The van der Waals surface area contributed by atoms with Crippen molar-refractivity contribution in [2.45, 2.75) is 12.5 Å². The minimum Gasteiger partial charge on any atom is -0.396 e. The first-order valence-corrected chi connectivity index (χ1v) is 5.93. The highest BCUT2D eigenvalue weighted by Crippen LogP contribution is 2.27. The van der Waals surface area contributed by atoms with Crippen LogP contribution in [0.15, 0.2) is 22.7 Å². The van der Waals surface area contributed by atoms with Gasteiger partial charge in [0.2, 0.25) is 0 Å². The topological polar surface area (TPSA) is 53.2 Å². The molecule has 0 aliphatic heterocycles. The third kappa shape index (κ3) is 3.76. The van der Waals surface area contributed by atoms with Crippen molar-refractivity contribution < 1.29 is 9.84 Å². The molecule has 0 aliphatic carbocycles. The normalized spacial score (nSPS) is 12.1. The number of hydrogen-bond donors (Lipinski definition) is 1. The zero-order valence-corrected chi connectivity index (χ0v) is 10.8. The number of ether oxygens (including phenoxy) is 1. The quantitative estimate of drug-likeness (QED) is 0.851. The predicted octanol–water partition coefficient (Wildman–Crippen LogP) is 3.07. The summed E-state index contributed by atoms with van der Waals surface area (Å²) in [6.45, 7) is 0.404. The fourth-order valence-electron chi connectivity index (χ4n) is 1.15. The van der Waals surface area contributed by atoms with Gasteiger partial charge in [-0.1, -0.05) is 17.7 Å². The average Bonchev–Trinajstić information content (AvgIpc) is 2.29. The number of benzene rings is 1. The Morgan fingerprint density at radius 3 is 2.88 bits per heavy atom. The highest BCUT2D eigenvalue weighted by atomic mass is 79.9. The first-order chi connectivity index (χ1) is 7.69. The van der Waals surface area contributed by atoms with Crippen LogP contribution in [0.2, 0.25) is 5.02 Å². The molecule has 1 rings (SSSR count). The molecule has 1 aromatic carbocycles. The second kappa shape index (κ2) is 6.87. The summed E-state index contributed by atoms with van der Waals surface area (Å²) in [5.74, 6) is 0. The molecular formula is C11H11BrClNO2. The summed E-state index contributed by atoms with van der Waals surface area (Å²) in [5, 5.41) is 18.1. The molecule has 1 atom stereocenters. The maximum absolute atomic E-state index is 8.95. The van der Waals surface area contributed by atoms with E-state index in [1.54, 1.807) is 18.2 Å². The lowest BCUT2D eigenvalue weighted by molar-refractivity contribution is 0.0774. The van der Waals surface area contributed by atoms with Gasteiger partial charge >= 0.3 is 0 Å². The van der Waals surface area contributed by atoms with E-state index in [1.165, 1.54) is 0 Å². The zero-order chi connectivity index (χ0) is 12.0. The van der Waals surface area contributed by atoms with Crippen LogP contribution < -0.4 is 0 Å². The van der Waals surface area contributed by atoms with Crippen molar-refractivity contribution in [3.63, 3.8) is 0 Å². The first kappa shape index (κ1) is 13.5. The van der Waals surface area contributed by atoms with Crippen LogP contribution >= 0.6 is 27.5 Å². The van der Waals surface area contributed by atoms with Crippen molar-refractivity contribution in [1.29, 1.82) is 5.26 Å². The van der Waals surface area contributed by atoms with Gasteiger partial charge in [-0.25, -0.2) is 0 Å². The van der Waals surface area contributed by atoms with E-state index < -0.39 is 6.10 Å². The summed E-state index contributed by atoms with van der Waals surface area (Å²) in [7, 11) is 0. The van der Waals surface area contributed by atoms with Crippen LogP contribution in [-0.4, -0.2) is 18.3 Å². The van der Waals surface area contributed by atoms with Crippen LogP contribution in [0.3, 0.4) is 0 Å². The van der Waals surface area contributed by atoms with E-state index in [1.807, 2.05) is 6.07 Å². The Labute approximate surface area is 108 Å². The van der Waals surface area contributed by atoms with E-state index in [0.29, 0.717) is 23.6 Å². The summed E-state index contributed by atoms with van der Waals surface area (Å²) < 4.78 is 6.10. The molecule has 0 spiro atoms. The molecule has 0 aliphatic rings. The molecule has 1 unspecified atom stereocenters. The molecule has 0 radical (unpaired) electrons. The molecule has 86 valence electrons. The lowest BCUT2D eigenvalue weighted by Crippen LogP contribution is -2.04. The number of nitriles is 1. The van der Waals surface area contributed by atoms with Gasteiger partial charge < -0.3 is 9.84 Å². The standard InChI is InChI=1S/C11H11BrClNO2/c12-9-3-2-8(6-10(9)13)11(7-14)16-5-1-4-15/h2-3,6,11,15H,1,4-5H2. The van der Waals surface area contributed by atoms with Crippen molar-refractivity contribution in [1.82, 2.24) is 0 Å². The van der Waals surface area contributed by atoms with Crippen LogP contribution in [0.5, 0.6) is 0 Å². The summed E-state index contributed by atoms with van der Waals surface area (Å²) in [6, 6.07) is 7.29. The third-order valence-corrected chi connectivity index (χ3v) is 3.18. The minimum absolute atomic E-state index is 0.0548. The maximum atomic E-state index is 8.95. The Morgan fingerprint density at radius 2 is 2.31 bits per heavy atom. The van der Waals surface area contributed by atoms with Crippen LogP contribution in [0.1, 0.15) is 18.1 Å². The van der Waals surface area contributed by atoms with E-state index in [0.717, 1.165) is 4.47 Å². The van der Waals surface area contributed by atoms with Crippen LogP contribution in [0.4, 0.5) is 0 Å². The molecule has 0 bridgehead atoms. The second-order valence-corrected chi connectivity index (χ2v) is 4.39. The molecule has 0 fully saturated rings. The molecule has 0 saturated carbocycles. The van der Waals surface area contributed by atoms with E-state index in [9.17, 15) is 0 Å². The molecule has 0 aromatic heterocycles. The molecule has 5 heteroatoms. The van der Waals surface area contributed by atoms with Gasteiger partial charge in [-0.2, -0.15) is 5.26 Å². The third-order valence-electron chi connectivity index (χ3n) is 1.95. The van der Waals surface area contributed by atoms with Gasteiger partial charge in [-0.05, 0) is 40.0 Å². The Morgan fingerprint density at radius 1 is 1.56 bits per heavy atom. The number of nitrogens with zero attached hydrogens (tertiary/aromatic N) is 1. The highest BCUT2D eigenvalue weighted by molar-refractivity contribution is 9.10. The molecule has 0 saturated heterocycles. The summed E-state index contributed by atoms with van der Waals surface area (Å²) in [6.07, 6.45) is -0.125. The molecule has 0 amide bonds. The maximum Gasteiger partial charge on any atom is 0.169 e. The Balaban J connectivity index is 2.72. The van der Waals surface area contributed by atoms with Crippen LogP contribution in [0.25, 0.3) is 0 Å². The lowest BCUT2D eigenvalue weighted by atomic mass is 10.1. The Kier molecular flexibility index (Phi) is 5.78. The number of aliphatic hydroxyl groups excluding tert-OH is 1. The van der Waals surface area contributed by atoms with Gasteiger partial charge in [-0.15, -0.1) is 0 Å². The Hall–Kier alpha value is -0.600. The average molecular weight is 305 g/mol. The van der Waals surface area contributed by atoms with Crippen LogP contribution in [-0.2, 0) is 4.74 Å². The zero-order valence-electron chi connectivity index (χ0n) is 8.49. The Bertz CT molecular complexity index is 392. The van der Waals surface area contributed by atoms with Gasteiger partial charge in [0.1, 0.15) is 0 Å². The predicted molar refractivity (Wildman–Crippen MR) is 65.2 cm³/mol.